The normalized spacial score (nSPS) is 15.8. The van der Waals surface area contributed by atoms with Crippen molar-refractivity contribution < 1.29 is 0 Å². The number of hydrogen-bond donors (Lipinski definition) is 2. The minimum absolute atomic E-state index is 0.200. The van der Waals surface area contributed by atoms with E-state index in [9.17, 15) is 0 Å². The van der Waals surface area contributed by atoms with Crippen LogP contribution in [-0.2, 0) is 6.54 Å². The van der Waals surface area contributed by atoms with Gasteiger partial charge in [0.05, 0.1) is 0 Å². The Kier molecular flexibility index (Phi) is 4.03. The Balaban J connectivity index is 1.55. The molecule has 1 fully saturated rings. The van der Waals surface area contributed by atoms with Crippen molar-refractivity contribution in [2.75, 3.05) is 5.32 Å². The van der Waals surface area contributed by atoms with Crippen LogP contribution in [0.1, 0.15) is 36.4 Å². The maximum Gasteiger partial charge on any atom is 0.0400 e. The predicted octanol–water partition coefficient (Wildman–Crippen LogP) is 4.10. The lowest BCUT2D eigenvalue weighted by Gasteiger charge is -2.13. The van der Waals surface area contributed by atoms with Gasteiger partial charge in [0, 0.05) is 18.3 Å². The van der Waals surface area contributed by atoms with Crippen molar-refractivity contribution in [1.82, 2.24) is 0 Å². The Hall–Kier alpha value is -1.80. The Morgan fingerprint density at radius 3 is 2.35 bits per heavy atom. The van der Waals surface area contributed by atoms with E-state index < -0.39 is 0 Å². The molecule has 0 bridgehead atoms. The van der Waals surface area contributed by atoms with Gasteiger partial charge in [-0.1, -0.05) is 55.3 Å². The van der Waals surface area contributed by atoms with Crippen molar-refractivity contribution in [2.45, 2.75) is 31.8 Å². The molecule has 0 aliphatic heterocycles. The second-order valence-electron chi connectivity index (χ2n) is 5.75. The van der Waals surface area contributed by atoms with Crippen molar-refractivity contribution >= 4 is 5.69 Å². The smallest absolute Gasteiger partial charge is 0.0400 e. The molecule has 2 nitrogen and oxygen atoms in total. The zero-order valence-electron chi connectivity index (χ0n) is 11.8. The van der Waals surface area contributed by atoms with E-state index in [-0.39, 0.29) is 6.04 Å². The molecule has 0 aromatic heterocycles. The summed E-state index contributed by atoms with van der Waals surface area (Å²) in [6.07, 6.45) is 3.87. The highest BCUT2D eigenvalue weighted by Crippen LogP contribution is 2.36. The van der Waals surface area contributed by atoms with Gasteiger partial charge in [0.2, 0.25) is 0 Å². The minimum atomic E-state index is 0.200. The number of benzene rings is 2. The number of anilines is 1. The molecule has 104 valence electrons. The molecule has 1 saturated carbocycles. The molecule has 20 heavy (non-hydrogen) atoms. The lowest BCUT2D eigenvalue weighted by molar-refractivity contribution is 0.597. The van der Waals surface area contributed by atoms with Gasteiger partial charge in [-0.2, -0.15) is 0 Å². The molecule has 3 rings (SSSR count). The van der Waals surface area contributed by atoms with Crippen LogP contribution >= 0.6 is 0 Å². The summed E-state index contributed by atoms with van der Waals surface area (Å²) in [6, 6.07) is 19.2. The summed E-state index contributed by atoms with van der Waals surface area (Å²) in [4.78, 5) is 0. The van der Waals surface area contributed by atoms with E-state index >= 15 is 0 Å². The molecular formula is C18H22N2. The lowest BCUT2D eigenvalue weighted by atomic mass is 10.0. The van der Waals surface area contributed by atoms with E-state index in [0.29, 0.717) is 0 Å². The fraction of sp³-hybridized carbons (Fsp3) is 0.333. The molecule has 2 aromatic rings. The summed E-state index contributed by atoms with van der Waals surface area (Å²) in [7, 11) is 0. The number of hydrogen-bond acceptors (Lipinski definition) is 2. The molecule has 0 unspecified atom stereocenters. The van der Waals surface area contributed by atoms with Crippen LogP contribution in [0.5, 0.6) is 0 Å². The van der Waals surface area contributed by atoms with Crippen LogP contribution in [0, 0.1) is 5.92 Å². The number of nitrogens with two attached hydrogens (primary N) is 1. The van der Waals surface area contributed by atoms with E-state index in [1.54, 1.807) is 0 Å². The fourth-order valence-electron chi connectivity index (χ4n) is 2.50. The molecule has 1 aliphatic rings. The molecule has 2 aromatic carbocycles. The van der Waals surface area contributed by atoms with Crippen LogP contribution < -0.4 is 11.1 Å². The third-order valence-corrected chi connectivity index (χ3v) is 3.96. The first-order valence-electron chi connectivity index (χ1n) is 7.44. The topological polar surface area (TPSA) is 38.0 Å². The van der Waals surface area contributed by atoms with Crippen LogP contribution in [-0.4, -0.2) is 0 Å². The van der Waals surface area contributed by atoms with Crippen molar-refractivity contribution in [3.63, 3.8) is 0 Å². The predicted molar refractivity (Wildman–Crippen MR) is 84.5 cm³/mol. The van der Waals surface area contributed by atoms with E-state index in [4.69, 9.17) is 5.73 Å². The van der Waals surface area contributed by atoms with Gasteiger partial charge in [0.15, 0.2) is 0 Å². The first-order chi connectivity index (χ1) is 9.81. The second kappa shape index (κ2) is 6.10. The summed E-state index contributed by atoms with van der Waals surface area (Å²) < 4.78 is 0. The summed E-state index contributed by atoms with van der Waals surface area (Å²) in [6.45, 7) is 0.855. The summed E-state index contributed by atoms with van der Waals surface area (Å²) in [5.74, 6) is 0.876. The van der Waals surface area contributed by atoms with Gasteiger partial charge in [-0.25, -0.2) is 0 Å². The van der Waals surface area contributed by atoms with E-state index in [0.717, 1.165) is 24.6 Å². The van der Waals surface area contributed by atoms with Gasteiger partial charge in [-0.15, -0.1) is 0 Å². The monoisotopic (exact) mass is 266 g/mol. The highest BCUT2D eigenvalue weighted by atomic mass is 14.9. The zero-order chi connectivity index (χ0) is 13.8. The van der Waals surface area contributed by atoms with Gasteiger partial charge in [0.25, 0.3) is 0 Å². The van der Waals surface area contributed by atoms with E-state index in [1.807, 2.05) is 6.07 Å². The maximum absolute atomic E-state index is 6.23. The van der Waals surface area contributed by atoms with Gasteiger partial charge >= 0.3 is 0 Å². The minimum Gasteiger partial charge on any atom is -0.381 e. The third-order valence-electron chi connectivity index (χ3n) is 3.96. The van der Waals surface area contributed by atoms with Gasteiger partial charge < -0.3 is 11.1 Å². The standard InChI is InChI=1S/C18H22N2/c19-18(12-14-6-7-14)16-8-10-17(11-9-16)20-13-15-4-2-1-3-5-15/h1-5,8-11,14,18,20H,6-7,12-13,19H2/t18-/m1/s1. The van der Waals surface area contributed by atoms with Crippen LogP contribution in [0.15, 0.2) is 54.6 Å². The van der Waals surface area contributed by atoms with Gasteiger partial charge in [-0.3, -0.25) is 0 Å². The molecule has 0 radical (unpaired) electrons. The molecule has 0 spiro atoms. The third kappa shape index (κ3) is 3.61. The zero-order valence-corrected chi connectivity index (χ0v) is 11.8. The number of rotatable bonds is 6. The Labute approximate surface area is 121 Å². The largest absolute Gasteiger partial charge is 0.381 e. The van der Waals surface area contributed by atoms with Crippen molar-refractivity contribution in [1.29, 1.82) is 0 Å². The van der Waals surface area contributed by atoms with E-state index in [2.05, 4.69) is 53.8 Å². The number of nitrogens with one attached hydrogen (secondary N) is 1. The average Bonchev–Trinajstić information content (AvgIpc) is 3.31. The Bertz CT molecular complexity index is 529. The molecule has 1 aliphatic carbocycles. The van der Waals surface area contributed by atoms with Crippen LogP contribution in [0.3, 0.4) is 0 Å². The Morgan fingerprint density at radius 1 is 1.00 bits per heavy atom. The van der Waals surface area contributed by atoms with Crippen LogP contribution in [0.25, 0.3) is 0 Å². The molecule has 2 heteroatoms. The molecule has 0 heterocycles. The average molecular weight is 266 g/mol. The molecule has 1 atom stereocenters. The van der Waals surface area contributed by atoms with Gasteiger partial charge in [-0.05, 0) is 35.6 Å². The highest BCUT2D eigenvalue weighted by Gasteiger charge is 2.24. The molecule has 0 amide bonds. The van der Waals surface area contributed by atoms with E-state index in [1.165, 1.54) is 24.0 Å². The highest BCUT2D eigenvalue weighted by molar-refractivity contribution is 5.45. The molecule has 3 N–H and O–H groups in total. The first kappa shape index (κ1) is 13.2. The quantitative estimate of drug-likeness (QED) is 0.826. The summed E-state index contributed by atoms with van der Waals surface area (Å²) in [5, 5.41) is 3.44. The molecule has 0 saturated heterocycles. The van der Waals surface area contributed by atoms with Crippen molar-refractivity contribution in [3.05, 3.63) is 65.7 Å². The molecular weight excluding hydrogens is 244 g/mol. The SMILES string of the molecule is N[C@H](CC1CC1)c1ccc(NCc2ccccc2)cc1. The van der Waals surface area contributed by atoms with Crippen LogP contribution in [0.4, 0.5) is 5.69 Å². The van der Waals surface area contributed by atoms with Gasteiger partial charge in [0.1, 0.15) is 0 Å². The van der Waals surface area contributed by atoms with Crippen molar-refractivity contribution in [2.24, 2.45) is 11.7 Å². The second-order valence-corrected chi connectivity index (χ2v) is 5.75. The maximum atomic E-state index is 6.23. The summed E-state index contributed by atoms with van der Waals surface area (Å²) >= 11 is 0. The van der Waals surface area contributed by atoms with Crippen molar-refractivity contribution in [3.8, 4) is 0 Å². The lowest BCUT2D eigenvalue weighted by Crippen LogP contribution is -2.11. The Morgan fingerprint density at radius 2 is 1.70 bits per heavy atom. The summed E-state index contributed by atoms with van der Waals surface area (Å²) in [5.41, 5.74) is 9.93. The first-order valence-corrected chi connectivity index (χ1v) is 7.44. The fourth-order valence-corrected chi connectivity index (χ4v) is 2.50. The van der Waals surface area contributed by atoms with Crippen LogP contribution in [0.2, 0.25) is 0 Å².